The Hall–Kier alpha value is -3.55. The Kier molecular flexibility index (Phi) is 4.50. The number of carbonyl (C=O) groups is 1. The standard InChI is InChI=1S/C17H10F5N5O/c1-9-6-13(16(18,19)17(20,21)22)27-14(24-9)7-12(26-27)15(28)25-11-5-3-2-4-10(11)8-23/h2-7H,1H3,(H,25,28). The van der Waals surface area contributed by atoms with Crippen LogP contribution in [0.2, 0.25) is 0 Å². The average Bonchev–Trinajstić information content (AvgIpc) is 3.04. The lowest BCUT2D eigenvalue weighted by Crippen LogP contribution is -2.36. The first-order valence-corrected chi connectivity index (χ1v) is 7.67. The van der Waals surface area contributed by atoms with Crippen LogP contribution in [0.15, 0.2) is 36.4 Å². The molecule has 0 spiro atoms. The first-order valence-electron chi connectivity index (χ1n) is 7.67. The number of benzene rings is 1. The van der Waals surface area contributed by atoms with Crippen molar-refractivity contribution in [1.29, 1.82) is 5.26 Å². The molecule has 0 fully saturated rings. The highest BCUT2D eigenvalue weighted by Crippen LogP contribution is 2.43. The van der Waals surface area contributed by atoms with Crippen molar-refractivity contribution in [3.63, 3.8) is 0 Å². The van der Waals surface area contributed by atoms with Crippen LogP contribution < -0.4 is 5.32 Å². The van der Waals surface area contributed by atoms with Crippen molar-refractivity contribution in [2.24, 2.45) is 0 Å². The third-order valence-electron chi connectivity index (χ3n) is 3.76. The predicted molar refractivity (Wildman–Crippen MR) is 86.8 cm³/mol. The smallest absolute Gasteiger partial charge is 0.319 e. The van der Waals surface area contributed by atoms with Crippen molar-refractivity contribution in [2.45, 2.75) is 19.0 Å². The Morgan fingerprint density at radius 2 is 1.86 bits per heavy atom. The van der Waals surface area contributed by atoms with Crippen LogP contribution >= 0.6 is 0 Å². The third kappa shape index (κ3) is 3.24. The van der Waals surface area contributed by atoms with Gasteiger partial charge in [-0.2, -0.15) is 32.3 Å². The molecule has 1 aromatic carbocycles. The van der Waals surface area contributed by atoms with Crippen LogP contribution in [0.1, 0.15) is 27.4 Å². The second-order valence-corrected chi connectivity index (χ2v) is 5.77. The number of nitriles is 1. The fourth-order valence-electron chi connectivity index (χ4n) is 2.46. The number of halogens is 5. The number of hydrogen-bond donors (Lipinski definition) is 1. The van der Waals surface area contributed by atoms with Crippen molar-refractivity contribution >= 4 is 17.2 Å². The normalized spacial score (nSPS) is 12.0. The second kappa shape index (κ2) is 6.56. The molecule has 3 rings (SSSR count). The zero-order valence-electron chi connectivity index (χ0n) is 14.1. The molecule has 0 radical (unpaired) electrons. The number of aryl methyl sites for hydroxylation is 1. The number of nitrogens with zero attached hydrogens (tertiary/aromatic N) is 4. The first kappa shape index (κ1) is 19.2. The summed E-state index contributed by atoms with van der Waals surface area (Å²) in [5.74, 6) is -6.10. The van der Waals surface area contributed by atoms with Gasteiger partial charge in [-0.15, -0.1) is 0 Å². The van der Waals surface area contributed by atoms with Crippen LogP contribution in [0.25, 0.3) is 5.65 Å². The van der Waals surface area contributed by atoms with Gasteiger partial charge in [-0.05, 0) is 25.1 Å². The van der Waals surface area contributed by atoms with E-state index in [4.69, 9.17) is 5.26 Å². The van der Waals surface area contributed by atoms with E-state index in [9.17, 15) is 26.7 Å². The summed E-state index contributed by atoms with van der Waals surface area (Å²) < 4.78 is 66.4. The van der Waals surface area contributed by atoms with E-state index in [1.807, 2.05) is 6.07 Å². The molecule has 2 aromatic heterocycles. The fraction of sp³-hybridized carbons (Fsp3) is 0.176. The van der Waals surface area contributed by atoms with E-state index in [1.54, 1.807) is 12.1 Å². The van der Waals surface area contributed by atoms with Crippen LogP contribution in [0, 0.1) is 18.3 Å². The Morgan fingerprint density at radius 3 is 2.50 bits per heavy atom. The largest absolute Gasteiger partial charge is 0.459 e. The topological polar surface area (TPSA) is 83.1 Å². The number of alkyl halides is 5. The lowest BCUT2D eigenvalue weighted by molar-refractivity contribution is -0.291. The summed E-state index contributed by atoms with van der Waals surface area (Å²) in [4.78, 5) is 16.2. The van der Waals surface area contributed by atoms with Gasteiger partial charge < -0.3 is 5.32 Å². The van der Waals surface area contributed by atoms with Gasteiger partial charge in [0.1, 0.15) is 11.8 Å². The summed E-state index contributed by atoms with van der Waals surface area (Å²) in [6.45, 7) is 1.24. The van der Waals surface area contributed by atoms with E-state index in [1.165, 1.54) is 19.1 Å². The maximum Gasteiger partial charge on any atom is 0.459 e. The van der Waals surface area contributed by atoms with Gasteiger partial charge in [0, 0.05) is 11.8 Å². The number of carbonyl (C=O) groups excluding carboxylic acids is 1. The molecule has 0 bridgehead atoms. The monoisotopic (exact) mass is 395 g/mol. The Bertz CT molecular complexity index is 1110. The quantitative estimate of drug-likeness (QED) is 0.684. The van der Waals surface area contributed by atoms with Crippen LogP contribution in [0.5, 0.6) is 0 Å². The molecule has 6 nitrogen and oxygen atoms in total. The van der Waals surface area contributed by atoms with E-state index in [0.717, 1.165) is 6.07 Å². The molecule has 1 amide bonds. The Labute approximate surface area is 154 Å². The molecule has 0 aliphatic carbocycles. The molecule has 0 aliphatic heterocycles. The fourth-order valence-corrected chi connectivity index (χ4v) is 2.46. The number of hydrogen-bond acceptors (Lipinski definition) is 4. The maximum absolute atomic E-state index is 13.9. The molecule has 0 saturated carbocycles. The lowest BCUT2D eigenvalue weighted by atomic mass is 10.2. The molecular formula is C17H10F5N5O. The zero-order chi connectivity index (χ0) is 20.7. The molecule has 2 heterocycles. The summed E-state index contributed by atoms with van der Waals surface area (Å²) >= 11 is 0. The Balaban J connectivity index is 2.07. The summed E-state index contributed by atoms with van der Waals surface area (Å²) in [5, 5.41) is 15.0. The number of fused-ring (bicyclic) bond motifs is 1. The SMILES string of the molecule is Cc1cc(C(F)(F)C(F)(F)F)n2nc(C(=O)Nc3ccccc3C#N)cc2n1. The molecule has 28 heavy (non-hydrogen) atoms. The van der Waals surface area contributed by atoms with Gasteiger partial charge in [-0.1, -0.05) is 12.1 Å². The molecule has 0 unspecified atom stereocenters. The average molecular weight is 395 g/mol. The van der Waals surface area contributed by atoms with E-state index >= 15 is 0 Å². The van der Waals surface area contributed by atoms with Crippen LogP contribution in [0.4, 0.5) is 27.6 Å². The molecule has 0 saturated heterocycles. The van der Waals surface area contributed by atoms with Crippen LogP contribution in [0.3, 0.4) is 0 Å². The summed E-state index contributed by atoms with van der Waals surface area (Å²) in [6, 6.07) is 9.37. The summed E-state index contributed by atoms with van der Waals surface area (Å²) in [7, 11) is 0. The number of nitrogens with one attached hydrogen (secondary N) is 1. The number of aromatic nitrogens is 3. The van der Waals surface area contributed by atoms with E-state index in [-0.39, 0.29) is 27.1 Å². The van der Waals surface area contributed by atoms with Crippen molar-refractivity contribution in [1.82, 2.24) is 14.6 Å². The van der Waals surface area contributed by atoms with Gasteiger partial charge in [-0.3, -0.25) is 4.79 Å². The third-order valence-corrected chi connectivity index (χ3v) is 3.76. The molecule has 3 aromatic rings. The highest BCUT2D eigenvalue weighted by atomic mass is 19.4. The molecule has 0 aliphatic rings. The van der Waals surface area contributed by atoms with Crippen LogP contribution in [-0.4, -0.2) is 26.7 Å². The molecule has 11 heteroatoms. The van der Waals surface area contributed by atoms with Gasteiger partial charge in [0.15, 0.2) is 11.3 Å². The summed E-state index contributed by atoms with van der Waals surface area (Å²) in [5.41, 5.74) is -2.08. The van der Waals surface area contributed by atoms with Crippen molar-refractivity contribution < 1.29 is 26.7 Å². The molecule has 0 atom stereocenters. The van der Waals surface area contributed by atoms with E-state index in [0.29, 0.717) is 6.07 Å². The van der Waals surface area contributed by atoms with Crippen LogP contribution in [-0.2, 0) is 5.92 Å². The van der Waals surface area contributed by atoms with Crippen molar-refractivity contribution in [2.75, 3.05) is 5.32 Å². The predicted octanol–water partition coefficient (Wildman–Crippen LogP) is 3.82. The number of rotatable bonds is 3. The number of para-hydroxylation sites is 1. The van der Waals surface area contributed by atoms with Gasteiger partial charge in [0.25, 0.3) is 5.91 Å². The minimum atomic E-state index is -5.85. The van der Waals surface area contributed by atoms with E-state index in [2.05, 4.69) is 15.4 Å². The highest BCUT2D eigenvalue weighted by Gasteiger charge is 2.60. The van der Waals surface area contributed by atoms with Gasteiger partial charge >= 0.3 is 12.1 Å². The number of amides is 1. The minimum absolute atomic E-state index is 0.104. The minimum Gasteiger partial charge on any atom is -0.319 e. The van der Waals surface area contributed by atoms with Crippen molar-refractivity contribution in [3.8, 4) is 6.07 Å². The highest BCUT2D eigenvalue weighted by molar-refractivity contribution is 6.04. The van der Waals surface area contributed by atoms with Gasteiger partial charge in [0.05, 0.1) is 11.3 Å². The molecule has 1 N–H and O–H groups in total. The zero-order valence-corrected chi connectivity index (χ0v) is 14.1. The van der Waals surface area contributed by atoms with E-state index < -0.39 is 29.4 Å². The lowest BCUT2D eigenvalue weighted by Gasteiger charge is -2.20. The number of anilines is 1. The Morgan fingerprint density at radius 1 is 1.18 bits per heavy atom. The summed E-state index contributed by atoms with van der Waals surface area (Å²) in [6.07, 6.45) is -5.85. The van der Waals surface area contributed by atoms with Gasteiger partial charge in [-0.25, -0.2) is 9.50 Å². The first-order chi connectivity index (χ1) is 13.0. The van der Waals surface area contributed by atoms with Gasteiger partial charge in [0.2, 0.25) is 0 Å². The molecule has 144 valence electrons. The second-order valence-electron chi connectivity index (χ2n) is 5.77. The molecular weight excluding hydrogens is 385 g/mol. The van der Waals surface area contributed by atoms with Crippen molar-refractivity contribution in [3.05, 3.63) is 59.0 Å². The maximum atomic E-state index is 13.9.